The lowest BCUT2D eigenvalue weighted by molar-refractivity contribution is 0.333. The van der Waals surface area contributed by atoms with E-state index < -0.39 is 0 Å². The number of hydrogen-bond donors (Lipinski definition) is 1. The van der Waals surface area contributed by atoms with Gasteiger partial charge in [-0.15, -0.1) is 0 Å². The van der Waals surface area contributed by atoms with E-state index in [1.807, 2.05) is 24.5 Å². The first-order valence-electron chi connectivity index (χ1n) is 10.9. The molecule has 2 heterocycles. The summed E-state index contributed by atoms with van der Waals surface area (Å²) >= 11 is 0. The van der Waals surface area contributed by atoms with Crippen molar-refractivity contribution in [3.63, 3.8) is 0 Å². The molecule has 1 radical (unpaired) electrons. The van der Waals surface area contributed by atoms with Crippen molar-refractivity contribution in [1.82, 2.24) is 15.1 Å². The Kier molecular flexibility index (Phi) is 5.44. The molecule has 0 fully saturated rings. The van der Waals surface area contributed by atoms with E-state index in [2.05, 4.69) is 70.9 Å². The number of benzene rings is 2. The fourth-order valence-electron chi connectivity index (χ4n) is 4.77. The van der Waals surface area contributed by atoms with Gasteiger partial charge in [0.1, 0.15) is 0 Å². The van der Waals surface area contributed by atoms with E-state index in [0.717, 1.165) is 31.4 Å². The first-order chi connectivity index (χ1) is 15.3. The van der Waals surface area contributed by atoms with E-state index >= 15 is 0 Å². The number of fused-ring (bicyclic) bond motifs is 1. The average molecular weight is 409 g/mol. The lowest BCUT2D eigenvalue weighted by Crippen LogP contribution is -2.19. The highest BCUT2D eigenvalue weighted by molar-refractivity contribution is 5.45. The van der Waals surface area contributed by atoms with Gasteiger partial charge in [0.15, 0.2) is 5.75 Å². The van der Waals surface area contributed by atoms with Crippen molar-refractivity contribution < 1.29 is 5.11 Å². The minimum atomic E-state index is 0.119. The van der Waals surface area contributed by atoms with Crippen LogP contribution in [-0.2, 0) is 24.5 Å². The van der Waals surface area contributed by atoms with Gasteiger partial charge in [0, 0.05) is 42.2 Å². The van der Waals surface area contributed by atoms with Gasteiger partial charge in [-0.05, 0) is 54.0 Å². The first-order valence-corrected chi connectivity index (χ1v) is 10.9. The summed E-state index contributed by atoms with van der Waals surface area (Å²) < 4.78 is 2.08. The Morgan fingerprint density at radius 2 is 1.97 bits per heavy atom. The molecule has 1 aromatic heterocycles. The average Bonchev–Trinajstić information content (AvgIpc) is 3.07. The van der Waals surface area contributed by atoms with E-state index in [0.29, 0.717) is 5.92 Å². The van der Waals surface area contributed by atoms with E-state index in [4.69, 9.17) is 5.10 Å². The van der Waals surface area contributed by atoms with Gasteiger partial charge in [-0.1, -0.05) is 54.6 Å². The highest BCUT2D eigenvalue weighted by Crippen LogP contribution is 2.34. The van der Waals surface area contributed by atoms with Crippen LogP contribution < -0.4 is 5.32 Å². The fraction of sp³-hybridized carbons (Fsp3) is 0.222. The molecule has 4 heteroatoms. The van der Waals surface area contributed by atoms with Crippen LogP contribution in [0.5, 0.6) is 5.75 Å². The lowest BCUT2D eigenvalue weighted by atomic mass is 9.83. The molecule has 1 aliphatic carbocycles. The van der Waals surface area contributed by atoms with Gasteiger partial charge in [-0.2, -0.15) is 5.10 Å². The second-order valence-electron chi connectivity index (χ2n) is 8.37. The van der Waals surface area contributed by atoms with Crippen LogP contribution in [0.1, 0.15) is 34.6 Å². The Balaban J connectivity index is 1.38. The Hall–Kier alpha value is -3.53. The lowest BCUT2D eigenvalue weighted by Gasteiger charge is -2.24. The summed E-state index contributed by atoms with van der Waals surface area (Å²) in [6.07, 6.45) is 17.3. The predicted molar refractivity (Wildman–Crippen MR) is 122 cm³/mol. The highest BCUT2D eigenvalue weighted by Gasteiger charge is 2.23. The number of aromatic nitrogens is 2. The van der Waals surface area contributed by atoms with Crippen molar-refractivity contribution in [3.8, 4) is 5.75 Å². The number of nitrogens with zero attached hydrogens (tertiary/aromatic N) is 2. The molecule has 31 heavy (non-hydrogen) atoms. The quantitative estimate of drug-likeness (QED) is 0.604. The Morgan fingerprint density at radius 1 is 1.06 bits per heavy atom. The van der Waals surface area contributed by atoms with Crippen molar-refractivity contribution in [2.24, 2.45) is 5.92 Å². The first kappa shape index (κ1) is 19.4. The van der Waals surface area contributed by atoms with Crippen LogP contribution in [0.2, 0.25) is 0 Å². The zero-order valence-corrected chi connectivity index (χ0v) is 17.4. The van der Waals surface area contributed by atoms with Crippen molar-refractivity contribution in [3.05, 3.63) is 119 Å². The number of nitrogens with one attached hydrogen (secondary N) is 1. The molecular formula is C27H26N3O. The van der Waals surface area contributed by atoms with Crippen LogP contribution in [0.25, 0.3) is 0 Å². The minimum Gasteiger partial charge on any atom is -0.367 e. The molecule has 2 unspecified atom stereocenters. The zero-order valence-electron chi connectivity index (χ0n) is 17.4. The van der Waals surface area contributed by atoms with Crippen LogP contribution in [-0.4, -0.2) is 9.78 Å². The molecule has 4 nitrogen and oxygen atoms in total. The van der Waals surface area contributed by atoms with Crippen molar-refractivity contribution in [1.29, 1.82) is 0 Å². The summed E-state index contributed by atoms with van der Waals surface area (Å²) in [5.74, 6) is 0.810. The second kappa shape index (κ2) is 8.68. The molecule has 2 aromatic carbocycles. The molecule has 0 saturated heterocycles. The third kappa shape index (κ3) is 4.19. The standard InChI is InChI=1S/C27H26N3O/c31-26-11-6-10-22-15-20(12-13-25(22)26)18-30-19-24(17-29-30)27(21-7-2-1-3-8-21)23-9-4-5-14-28-16-23/h1-11,14,16-17,19-20,27-28H,12-13,15,18H2. The van der Waals surface area contributed by atoms with Crippen LogP contribution in [0, 0.1) is 5.92 Å². The third-order valence-electron chi connectivity index (χ3n) is 6.28. The Labute approximate surface area is 183 Å². The molecule has 0 amide bonds. The summed E-state index contributed by atoms with van der Waals surface area (Å²) in [5, 5.41) is 20.0. The summed E-state index contributed by atoms with van der Waals surface area (Å²) in [7, 11) is 0. The topological polar surface area (TPSA) is 49.8 Å². The maximum Gasteiger partial charge on any atom is 0.182 e. The molecule has 0 bridgehead atoms. The van der Waals surface area contributed by atoms with Gasteiger partial charge < -0.3 is 5.32 Å². The molecular weight excluding hydrogens is 382 g/mol. The third-order valence-corrected chi connectivity index (χ3v) is 6.28. The van der Waals surface area contributed by atoms with Crippen molar-refractivity contribution >= 4 is 0 Å². The maximum atomic E-state index is 12.1. The normalized spacial score (nSPS) is 18.6. The molecule has 3 aromatic rings. The number of hydrogen-bond acceptors (Lipinski definition) is 2. The van der Waals surface area contributed by atoms with Crippen LogP contribution in [0.4, 0.5) is 0 Å². The SMILES string of the molecule is [O]c1cccc2c1CCC(Cn1cc(C(C3=CNC=CC=C3)c3ccccc3)cn1)C2. The second-order valence-corrected chi connectivity index (χ2v) is 8.37. The summed E-state index contributed by atoms with van der Waals surface area (Å²) in [4.78, 5) is 0. The largest absolute Gasteiger partial charge is 0.367 e. The predicted octanol–water partition coefficient (Wildman–Crippen LogP) is 5.52. The van der Waals surface area contributed by atoms with Gasteiger partial charge in [-0.25, -0.2) is 0 Å². The Bertz CT molecular complexity index is 1140. The molecule has 0 saturated carbocycles. The van der Waals surface area contributed by atoms with Gasteiger partial charge in [0.05, 0.1) is 6.20 Å². The van der Waals surface area contributed by atoms with Crippen LogP contribution in [0.3, 0.4) is 0 Å². The Morgan fingerprint density at radius 3 is 2.87 bits per heavy atom. The van der Waals surface area contributed by atoms with Crippen LogP contribution in [0.15, 0.2) is 97.1 Å². The molecule has 2 atom stereocenters. The molecule has 1 aliphatic heterocycles. The molecule has 2 aliphatic rings. The van der Waals surface area contributed by atoms with E-state index in [1.165, 1.54) is 22.3 Å². The molecule has 0 spiro atoms. The van der Waals surface area contributed by atoms with E-state index in [9.17, 15) is 5.11 Å². The minimum absolute atomic E-state index is 0.119. The fourth-order valence-corrected chi connectivity index (χ4v) is 4.77. The summed E-state index contributed by atoms with van der Waals surface area (Å²) in [6, 6.07) is 16.2. The van der Waals surface area contributed by atoms with Crippen LogP contribution >= 0.6 is 0 Å². The summed E-state index contributed by atoms with van der Waals surface area (Å²) in [5.41, 5.74) is 5.85. The van der Waals surface area contributed by atoms with E-state index in [1.54, 1.807) is 6.07 Å². The molecule has 5 rings (SSSR count). The van der Waals surface area contributed by atoms with E-state index in [-0.39, 0.29) is 11.7 Å². The van der Waals surface area contributed by atoms with Crippen molar-refractivity contribution in [2.45, 2.75) is 31.7 Å². The molecule has 155 valence electrons. The van der Waals surface area contributed by atoms with Gasteiger partial charge in [0.2, 0.25) is 0 Å². The smallest absolute Gasteiger partial charge is 0.182 e. The van der Waals surface area contributed by atoms with Gasteiger partial charge in [-0.3, -0.25) is 9.79 Å². The number of allylic oxidation sites excluding steroid dienone is 4. The van der Waals surface area contributed by atoms with Gasteiger partial charge in [0.25, 0.3) is 0 Å². The van der Waals surface area contributed by atoms with Crippen molar-refractivity contribution in [2.75, 3.05) is 0 Å². The molecule has 1 N–H and O–H groups in total. The maximum absolute atomic E-state index is 12.1. The van der Waals surface area contributed by atoms with Gasteiger partial charge >= 0.3 is 0 Å². The summed E-state index contributed by atoms with van der Waals surface area (Å²) in [6.45, 7) is 0.874. The highest BCUT2D eigenvalue weighted by atomic mass is 16.3. The monoisotopic (exact) mass is 408 g/mol. The number of rotatable bonds is 5. The zero-order chi connectivity index (χ0) is 21.0.